The first-order valence-electron chi connectivity index (χ1n) is 6.46. The molecule has 1 aromatic carbocycles. The summed E-state index contributed by atoms with van der Waals surface area (Å²) in [6.07, 6.45) is 2.76. The first-order chi connectivity index (χ1) is 10.0. The molecule has 0 saturated carbocycles. The summed E-state index contributed by atoms with van der Waals surface area (Å²) in [6.45, 7) is 0. The fraction of sp³-hybridized carbons (Fsp3) is 0.267. The van der Waals surface area contributed by atoms with Crippen LogP contribution in [0.25, 0.3) is 0 Å². The molecular formula is C15H16ClNO2S2. The molecule has 0 aliphatic rings. The van der Waals surface area contributed by atoms with Crippen molar-refractivity contribution >= 4 is 45.3 Å². The highest BCUT2D eigenvalue weighted by Gasteiger charge is 2.06. The van der Waals surface area contributed by atoms with Gasteiger partial charge in [-0.15, -0.1) is 11.3 Å². The molecule has 0 spiro atoms. The molecule has 1 N–H and O–H groups in total. The molecule has 21 heavy (non-hydrogen) atoms. The molecule has 0 aliphatic carbocycles. The third kappa shape index (κ3) is 5.61. The van der Waals surface area contributed by atoms with Gasteiger partial charge < -0.3 is 5.32 Å². The Morgan fingerprint density at radius 3 is 2.81 bits per heavy atom. The molecular weight excluding hydrogens is 326 g/mol. The molecule has 1 aromatic heterocycles. The molecule has 1 amide bonds. The second kappa shape index (κ2) is 7.73. The molecule has 112 valence electrons. The summed E-state index contributed by atoms with van der Waals surface area (Å²) in [6, 6.07) is 11.2. The SMILES string of the molecule is C[S@](=O)Cc1cccc(NC(=O)CCc2ccc(Cl)s2)c1. The lowest BCUT2D eigenvalue weighted by molar-refractivity contribution is -0.116. The summed E-state index contributed by atoms with van der Waals surface area (Å²) in [5.41, 5.74) is 1.70. The predicted octanol–water partition coefficient (Wildman–Crippen LogP) is 3.85. The summed E-state index contributed by atoms with van der Waals surface area (Å²) < 4.78 is 12.0. The minimum atomic E-state index is -0.887. The maximum Gasteiger partial charge on any atom is 0.224 e. The Hall–Kier alpha value is -1.17. The second-order valence-electron chi connectivity index (χ2n) is 4.67. The van der Waals surface area contributed by atoms with Crippen LogP contribution in [-0.4, -0.2) is 16.4 Å². The molecule has 3 nitrogen and oxygen atoms in total. The van der Waals surface area contributed by atoms with Crippen LogP contribution in [0.15, 0.2) is 36.4 Å². The zero-order valence-electron chi connectivity index (χ0n) is 11.6. The Kier molecular flexibility index (Phi) is 5.96. The lowest BCUT2D eigenvalue weighted by Gasteiger charge is -2.06. The quantitative estimate of drug-likeness (QED) is 0.867. The standard InChI is InChI=1S/C15H16ClNO2S2/c1-21(19)10-11-3-2-4-12(9-11)17-15(18)8-6-13-5-7-14(16)20-13/h2-5,7,9H,6,8,10H2,1H3,(H,17,18)/t21-/m0/s1. The fourth-order valence-electron chi connectivity index (χ4n) is 1.92. The van der Waals surface area contributed by atoms with Gasteiger partial charge >= 0.3 is 0 Å². The van der Waals surface area contributed by atoms with Crippen molar-refractivity contribution in [3.05, 3.63) is 51.2 Å². The molecule has 0 fully saturated rings. The van der Waals surface area contributed by atoms with E-state index in [0.717, 1.165) is 20.5 Å². The van der Waals surface area contributed by atoms with Gasteiger partial charge in [-0.2, -0.15) is 0 Å². The minimum absolute atomic E-state index is 0.0331. The van der Waals surface area contributed by atoms with E-state index in [1.807, 2.05) is 36.4 Å². The molecule has 1 heterocycles. The topological polar surface area (TPSA) is 46.2 Å². The number of hydrogen-bond donors (Lipinski definition) is 1. The van der Waals surface area contributed by atoms with Gasteiger partial charge in [-0.1, -0.05) is 23.7 Å². The number of anilines is 1. The summed E-state index contributed by atoms with van der Waals surface area (Å²) in [4.78, 5) is 13.0. The number of hydrogen-bond acceptors (Lipinski definition) is 3. The van der Waals surface area contributed by atoms with Crippen LogP contribution in [-0.2, 0) is 27.8 Å². The first kappa shape index (κ1) is 16.2. The third-order valence-corrected chi connectivity index (χ3v) is 4.84. The van der Waals surface area contributed by atoms with Crippen LogP contribution in [0.5, 0.6) is 0 Å². The highest BCUT2D eigenvalue weighted by atomic mass is 35.5. The van der Waals surface area contributed by atoms with E-state index in [1.54, 1.807) is 6.26 Å². The van der Waals surface area contributed by atoms with Crippen LogP contribution in [0, 0.1) is 0 Å². The zero-order valence-corrected chi connectivity index (χ0v) is 14.0. The Bertz CT molecular complexity index is 655. The smallest absolute Gasteiger partial charge is 0.224 e. The number of thiophene rings is 1. The van der Waals surface area contributed by atoms with Gasteiger partial charge in [0.05, 0.1) is 4.34 Å². The molecule has 0 unspecified atom stereocenters. The zero-order chi connectivity index (χ0) is 15.2. The van der Waals surface area contributed by atoms with Crippen LogP contribution in [0.2, 0.25) is 4.34 Å². The number of carbonyl (C=O) groups is 1. The number of rotatable bonds is 6. The van der Waals surface area contributed by atoms with Crippen molar-refractivity contribution in [1.29, 1.82) is 0 Å². The third-order valence-electron chi connectivity index (χ3n) is 2.81. The number of aryl methyl sites for hydroxylation is 1. The molecule has 0 saturated heterocycles. The molecule has 2 rings (SSSR count). The van der Waals surface area contributed by atoms with Crippen LogP contribution in [0.1, 0.15) is 16.9 Å². The maximum absolute atomic E-state index is 11.9. The normalized spacial score (nSPS) is 12.1. The average Bonchev–Trinajstić information content (AvgIpc) is 2.82. The van der Waals surface area contributed by atoms with Crippen LogP contribution < -0.4 is 5.32 Å². The highest BCUT2D eigenvalue weighted by molar-refractivity contribution is 7.83. The largest absolute Gasteiger partial charge is 0.326 e. The Balaban J connectivity index is 1.88. The second-order valence-corrected chi connectivity index (χ2v) is 7.91. The number of benzene rings is 1. The van der Waals surface area contributed by atoms with E-state index in [9.17, 15) is 9.00 Å². The number of halogens is 1. The monoisotopic (exact) mass is 341 g/mol. The van der Waals surface area contributed by atoms with Crippen molar-refractivity contribution in [3.63, 3.8) is 0 Å². The molecule has 1 atom stereocenters. The van der Waals surface area contributed by atoms with Gasteiger partial charge in [0.1, 0.15) is 0 Å². The lowest BCUT2D eigenvalue weighted by atomic mass is 10.2. The molecule has 0 aliphatic heterocycles. The van der Waals surface area contributed by atoms with Crippen molar-refractivity contribution in [1.82, 2.24) is 0 Å². The van der Waals surface area contributed by atoms with Crippen LogP contribution in [0.4, 0.5) is 5.69 Å². The van der Waals surface area contributed by atoms with E-state index in [2.05, 4.69) is 5.32 Å². The number of nitrogens with one attached hydrogen (secondary N) is 1. The Morgan fingerprint density at radius 1 is 1.33 bits per heavy atom. The Labute approximate surface area is 135 Å². The summed E-state index contributed by atoms with van der Waals surface area (Å²) in [5, 5.41) is 2.87. The van der Waals surface area contributed by atoms with Crippen molar-refractivity contribution in [3.8, 4) is 0 Å². The summed E-state index contributed by atoms with van der Waals surface area (Å²) >= 11 is 7.35. The molecule has 6 heteroatoms. The van der Waals surface area contributed by atoms with Crippen molar-refractivity contribution in [2.24, 2.45) is 0 Å². The first-order valence-corrected chi connectivity index (χ1v) is 9.38. The van der Waals surface area contributed by atoms with E-state index >= 15 is 0 Å². The lowest BCUT2D eigenvalue weighted by Crippen LogP contribution is -2.12. The van der Waals surface area contributed by atoms with E-state index in [-0.39, 0.29) is 5.91 Å². The van der Waals surface area contributed by atoms with Gasteiger partial charge in [0.15, 0.2) is 0 Å². The van der Waals surface area contributed by atoms with Crippen LogP contribution in [0.3, 0.4) is 0 Å². The van der Waals surface area contributed by atoms with Gasteiger partial charge in [0.25, 0.3) is 0 Å². The number of amides is 1. The average molecular weight is 342 g/mol. The van der Waals surface area contributed by atoms with E-state index in [0.29, 0.717) is 18.6 Å². The molecule has 2 aromatic rings. The van der Waals surface area contributed by atoms with E-state index in [1.165, 1.54) is 11.3 Å². The van der Waals surface area contributed by atoms with E-state index < -0.39 is 10.8 Å². The van der Waals surface area contributed by atoms with Crippen molar-refractivity contribution in [2.45, 2.75) is 18.6 Å². The van der Waals surface area contributed by atoms with Gasteiger partial charge in [0, 0.05) is 39.8 Å². The highest BCUT2D eigenvalue weighted by Crippen LogP contribution is 2.22. The maximum atomic E-state index is 11.9. The van der Waals surface area contributed by atoms with Gasteiger partial charge in [-0.05, 0) is 36.2 Å². The summed E-state index contributed by atoms with van der Waals surface area (Å²) in [7, 11) is -0.887. The number of carbonyl (C=O) groups excluding carboxylic acids is 1. The van der Waals surface area contributed by atoms with Gasteiger partial charge in [-0.25, -0.2) is 0 Å². The Morgan fingerprint density at radius 2 is 2.14 bits per heavy atom. The van der Waals surface area contributed by atoms with Crippen molar-refractivity contribution in [2.75, 3.05) is 11.6 Å². The van der Waals surface area contributed by atoms with Crippen molar-refractivity contribution < 1.29 is 9.00 Å². The predicted molar refractivity (Wildman–Crippen MR) is 90.5 cm³/mol. The summed E-state index contributed by atoms with van der Waals surface area (Å²) in [5.74, 6) is 0.464. The molecule has 0 radical (unpaired) electrons. The van der Waals surface area contributed by atoms with Gasteiger partial charge in [-0.3, -0.25) is 9.00 Å². The van der Waals surface area contributed by atoms with Gasteiger partial charge in [0.2, 0.25) is 5.91 Å². The minimum Gasteiger partial charge on any atom is -0.326 e. The van der Waals surface area contributed by atoms with E-state index in [4.69, 9.17) is 11.6 Å². The fourth-order valence-corrected chi connectivity index (χ4v) is 3.66. The molecule has 0 bridgehead atoms. The van der Waals surface area contributed by atoms with Crippen LogP contribution >= 0.6 is 22.9 Å².